The maximum absolute atomic E-state index is 11.6. The highest BCUT2D eigenvalue weighted by Gasteiger charge is 2.50. The van der Waals surface area contributed by atoms with E-state index in [0.29, 0.717) is 32.8 Å². The first-order chi connectivity index (χ1) is 24.7. The van der Waals surface area contributed by atoms with Gasteiger partial charge in [-0.25, -0.2) is 4.79 Å². The molecular formula is C42H51BrN4O4Si. The van der Waals surface area contributed by atoms with Gasteiger partial charge in [-0.1, -0.05) is 111 Å². The first-order valence-corrected chi connectivity index (χ1v) is 20.8. The lowest BCUT2D eigenvalue weighted by molar-refractivity contribution is 0.116. The minimum atomic E-state index is -2.76. The third-order valence-electron chi connectivity index (χ3n) is 10.4. The van der Waals surface area contributed by atoms with E-state index in [1.54, 1.807) is 7.11 Å². The first-order valence-electron chi connectivity index (χ1n) is 18.0. The SMILES string of the molecule is CO[C@@H](C)c1ncc(N2CCN(C(=O)O)CC2)cc1-c1[nH]c2ccc(Br)cc2c1CC(C)(C)CO[Si](c1ccccc1)(c1ccccc1)C(C)(C)C. The van der Waals surface area contributed by atoms with Crippen LogP contribution in [-0.4, -0.2) is 74.3 Å². The van der Waals surface area contributed by atoms with Crippen LogP contribution in [0.5, 0.6) is 0 Å². The standard InChI is InChI=1S/C42H51BrN4O4Si/c1-29(50-7)38-35(25-31(27-44-38)46-20-22-47(23-21-46)40(48)49)39-36(34-24-30(43)18-19-37(34)45-39)26-42(5,6)28-51-52(41(2,3)4,32-14-10-8-11-15-32)33-16-12-9-13-17-33/h8-19,24-25,27,29,45H,20-23,26,28H2,1-7H3,(H,48,49)/t29-/m0/s1. The van der Waals surface area contributed by atoms with Crippen molar-refractivity contribution in [2.75, 3.05) is 44.8 Å². The monoisotopic (exact) mass is 782 g/mol. The number of amides is 1. The van der Waals surface area contributed by atoms with Gasteiger partial charge in [0.25, 0.3) is 8.32 Å². The van der Waals surface area contributed by atoms with E-state index in [1.165, 1.54) is 20.8 Å². The summed E-state index contributed by atoms with van der Waals surface area (Å²) in [6.07, 6.45) is 1.52. The third kappa shape index (κ3) is 7.57. The summed E-state index contributed by atoms with van der Waals surface area (Å²) in [4.78, 5) is 24.1. The average molecular weight is 784 g/mol. The summed E-state index contributed by atoms with van der Waals surface area (Å²) in [7, 11) is -1.04. The third-order valence-corrected chi connectivity index (χ3v) is 15.9. The Labute approximate surface area is 317 Å². The van der Waals surface area contributed by atoms with Crippen molar-refractivity contribution in [3.05, 3.63) is 107 Å². The van der Waals surface area contributed by atoms with Gasteiger partial charge in [-0.15, -0.1) is 0 Å². The Balaban J connectivity index is 1.42. The molecule has 3 aromatic carbocycles. The van der Waals surface area contributed by atoms with Crippen molar-refractivity contribution in [2.45, 2.75) is 59.1 Å². The van der Waals surface area contributed by atoms with Gasteiger partial charge in [0.15, 0.2) is 0 Å². The number of piperazine rings is 1. The molecule has 1 fully saturated rings. The molecule has 0 bridgehead atoms. The van der Waals surface area contributed by atoms with Crippen molar-refractivity contribution in [3.63, 3.8) is 0 Å². The number of nitrogens with zero attached hydrogens (tertiary/aromatic N) is 3. The molecule has 5 aromatic rings. The molecule has 1 aliphatic rings. The summed E-state index contributed by atoms with van der Waals surface area (Å²) < 4.78 is 14.4. The molecule has 2 aromatic heterocycles. The maximum Gasteiger partial charge on any atom is 0.407 e. The van der Waals surface area contributed by atoms with Crippen LogP contribution in [-0.2, 0) is 15.6 Å². The van der Waals surface area contributed by atoms with E-state index in [4.69, 9.17) is 14.1 Å². The van der Waals surface area contributed by atoms with Crippen LogP contribution in [0.15, 0.2) is 95.6 Å². The van der Waals surface area contributed by atoms with Crippen molar-refractivity contribution >= 4 is 57.3 Å². The summed E-state index contributed by atoms with van der Waals surface area (Å²) in [5.74, 6) is 0. The molecule has 10 heteroatoms. The number of fused-ring (bicyclic) bond motifs is 1. The minimum absolute atomic E-state index is 0.129. The van der Waals surface area contributed by atoms with Crippen molar-refractivity contribution in [2.24, 2.45) is 5.41 Å². The van der Waals surface area contributed by atoms with Crippen molar-refractivity contribution in [1.29, 1.82) is 0 Å². The second-order valence-corrected chi connectivity index (χ2v) is 20.9. The molecule has 6 rings (SSSR count). The number of methoxy groups -OCH3 is 1. The van der Waals surface area contributed by atoms with E-state index in [9.17, 15) is 9.90 Å². The lowest BCUT2D eigenvalue weighted by Crippen LogP contribution is -2.67. The van der Waals surface area contributed by atoms with Gasteiger partial charge in [0.2, 0.25) is 0 Å². The minimum Gasteiger partial charge on any atom is -0.465 e. The first kappa shape index (κ1) is 37.8. The number of benzene rings is 3. The highest BCUT2D eigenvalue weighted by Crippen LogP contribution is 2.42. The smallest absolute Gasteiger partial charge is 0.407 e. The summed E-state index contributed by atoms with van der Waals surface area (Å²) in [5, 5.41) is 13.1. The molecule has 274 valence electrons. The Morgan fingerprint density at radius 2 is 1.56 bits per heavy atom. The lowest BCUT2D eigenvalue weighted by atomic mass is 9.84. The van der Waals surface area contributed by atoms with Crippen molar-refractivity contribution in [3.8, 4) is 11.3 Å². The van der Waals surface area contributed by atoms with Gasteiger partial charge in [0, 0.05) is 60.8 Å². The number of hydrogen-bond acceptors (Lipinski definition) is 5. The summed E-state index contributed by atoms with van der Waals surface area (Å²) in [6.45, 7) is 16.3. The van der Waals surface area contributed by atoms with Crippen LogP contribution in [0, 0.1) is 5.41 Å². The zero-order valence-corrected chi connectivity index (χ0v) is 34.0. The van der Waals surface area contributed by atoms with Gasteiger partial charge in [-0.05, 0) is 64.0 Å². The number of aromatic amines is 1. The summed E-state index contributed by atoms with van der Waals surface area (Å²) in [6, 6.07) is 30.2. The van der Waals surface area contributed by atoms with Crippen LogP contribution >= 0.6 is 15.9 Å². The largest absolute Gasteiger partial charge is 0.465 e. The number of halogens is 1. The Morgan fingerprint density at radius 1 is 0.942 bits per heavy atom. The number of ether oxygens (including phenoxy) is 1. The molecule has 2 N–H and O–H groups in total. The van der Waals surface area contributed by atoms with Gasteiger partial charge in [0.05, 0.1) is 29.4 Å². The lowest BCUT2D eigenvalue weighted by Gasteiger charge is -2.44. The second-order valence-electron chi connectivity index (χ2n) is 15.7. The maximum atomic E-state index is 11.6. The number of carbonyl (C=O) groups is 1. The molecule has 0 spiro atoms. The van der Waals surface area contributed by atoms with E-state index in [0.717, 1.165) is 44.4 Å². The number of pyridine rings is 1. The number of aromatic nitrogens is 2. The van der Waals surface area contributed by atoms with Crippen molar-refractivity contribution in [1.82, 2.24) is 14.9 Å². The number of carboxylic acid groups (broad SMARTS) is 1. The predicted molar refractivity (Wildman–Crippen MR) is 218 cm³/mol. The highest BCUT2D eigenvalue weighted by atomic mass is 79.9. The fourth-order valence-corrected chi connectivity index (χ4v) is 12.8. The predicted octanol–water partition coefficient (Wildman–Crippen LogP) is 8.65. The van der Waals surface area contributed by atoms with Gasteiger partial charge in [-0.3, -0.25) is 4.98 Å². The molecule has 1 aliphatic heterocycles. The van der Waals surface area contributed by atoms with Crippen LogP contribution < -0.4 is 15.3 Å². The number of hydrogen-bond donors (Lipinski definition) is 2. The fourth-order valence-electron chi connectivity index (χ4n) is 7.66. The molecule has 52 heavy (non-hydrogen) atoms. The Morgan fingerprint density at radius 3 is 2.12 bits per heavy atom. The number of rotatable bonds is 11. The zero-order chi connectivity index (χ0) is 37.3. The molecule has 1 atom stereocenters. The van der Waals surface area contributed by atoms with Crippen LogP contribution in [0.3, 0.4) is 0 Å². The van der Waals surface area contributed by atoms with E-state index >= 15 is 0 Å². The van der Waals surface area contributed by atoms with Gasteiger partial charge < -0.3 is 29.1 Å². The van der Waals surface area contributed by atoms with Gasteiger partial charge in [0.1, 0.15) is 0 Å². The van der Waals surface area contributed by atoms with E-state index in [-0.39, 0.29) is 16.6 Å². The van der Waals surface area contributed by atoms with Crippen LogP contribution in [0.2, 0.25) is 5.04 Å². The summed E-state index contributed by atoms with van der Waals surface area (Å²) in [5.41, 5.74) is 5.81. The molecule has 3 heterocycles. The van der Waals surface area contributed by atoms with Crippen LogP contribution in [0.25, 0.3) is 22.2 Å². The average Bonchev–Trinajstić information content (AvgIpc) is 3.47. The molecule has 8 nitrogen and oxygen atoms in total. The molecule has 0 radical (unpaired) electrons. The normalized spacial score (nSPS) is 14.9. The number of nitrogens with one attached hydrogen (secondary N) is 1. The number of H-pyrrole nitrogens is 1. The molecule has 0 aliphatic carbocycles. The Kier molecular flexibility index (Phi) is 11.0. The van der Waals surface area contributed by atoms with Crippen LogP contribution in [0.4, 0.5) is 10.5 Å². The Bertz CT molecular complexity index is 1960. The molecule has 0 saturated carbocycles. The Hall–Kier alpha value is -3.96. The molecule has 1 saturated heterocycles. The quantitative estimate of drug-likeness (QED) is 0.131. The zero-order valence-electron chi connectivity index (χ0n) is 31.4. The highest BCUT2D eigenvalue weighted by molar-refractivity contribution is 9.10. The van der Waals surface area contributed by atoms with E-state index in [2.05, 4.69) is 145 Å². The molecule has 1 amide bonds. The molecule has 0 unspecified atom stereocenters. The summed E-state index contributed by atoms with van der Waals surface area (Å²) >= 11 is 3.75. The van der Waals surface area contributed by atoms with Crippen LogP contribution in [0.1, 0.15) is 58.9 Å². The fraction of sp³-hybridized carbons (Fsp3) is 0.381. The number of anilines is 1. The van der Waals surface area contributed by atoms with Crippen molar-refractivity contribution < 1.29 is 19.1 Å². The van der Waals surface area contributed by atoms with Gasteiger partial charge in [-0.2, -0.15) is 0 Å². The van der Waals surface area contributed by atoms with Gasteiger partial charge >= 0.3 is 6.09 Å². The molecular weight excluding hydrogens is 732 g/mol. The van der Waals surface area contributed by atoms with E-state index in [1.807, 2.05) is 13.1 Å². The second kappa shape index (κ2) is 15.2. The van der Waals surface area contributed by atoms with E-state index < -0.39 is 14.4 Å². The topological polar surface area (TPSA) is 90.9 Å².